The molecule has 3 aromatic rings. The topological polar surface area (TPSA) is 82.8 Å². The van der Waals surface area contributed by atoms with Gasteiger partial charge >= 0.3 is 11.9 Å². The fourth-order valence-corrected chi connectivity index (χ4v) is 2.55. The predicted octanol–water partition coefficient (Wildman–Crippen LogP) is 3.64. The molecule has 0 radical (unpaired) electrons. The maximum atomic E-state index is 11.7. The Balaban J connectivity index is 2.48. The van der Waals surface area contributed by atoms with Crippen LogP contribution in [0, 0.1) is 0 Å². The molecule has 0 aliphatic carbocycles. The molecule has 0 amide bonds. The van der Waals surface area contributed by atoms with Crippen LogP contribution in [0.1, 0.15) is 31.3 Å². The summed E-state index contributed by atoms with van der Waals surface area (Å²) in [5, 5.41) is 1.51. The molecular formula is C18H14O6. The summed E-state index contributed by atoms with van der Waals surface area (Å²) in [6.45, 7) is 3.91. The molecule has 122 valence electrons. The number of carbonyl (C=O) groups excluding carboxylic acids is 3. The number of carbonyl (C=O) groups is 3. The van der Waals surface area contributed by atoms with Crippen LogP contribution in [-0.2, 0) is 9.59 Å². The van der Waals surface area contributed by atoms with Gasteiger partial charge in [-0.1, -0.05) is 24.3 Å². The Bertz CT molecular complexity index is 923. The monoisotopic (exact) mass is 326 g/mol. The second kappa shape index (κ2) is 5.81. The molecule has 1 aromatic heterocycles. The van der Waals surface area contributed by atoms with Gasteiger partial charge in [-0.2, -0.15) is 0 Å². The fourth-order valence-electron chi connectivity index (χ4n) is 2.55. The summed E-state index contributed by atoms with van der Waals surface area (Å²) in [5.74, 6) is -0.786. The number of fused-ring (bicyclic) bond motifs is 2. The second-order valence-electron chi connectivity index (χ2n) is 5.30. The van der Waals surface area contributed by atoms with Gasteiger partial charge in [0, 0.05) is 31.5 Å². The van der Waals surface area contributed by atoms with Crippen LogP contribution >= 0.6 is 0 Å². The number of esters is 2. The molecule has 3 rings (SSSR count). The normalized spacial score (nSPS) is 10.8. The second-order valence-corrected chi connectivity index (χ2v) is 5.30. The number of furan rings is 1. The van der Waals surface area contributed by atoms with E-state index in [2.05, 4.69) is 0 Å². The molecular weight excluding hydrogens is 312 g/mol. The van der Waals surface area contributed by atoms with E-state index in [0.29, 0.717) is 16.2 Å². The summed E-state index contributed by atoms with van der Waals surface area (Å²) in [6, 6.07) is 8.46. The van der Waals surface area contributed by atoms with E-state index in [0.717, 1.165) is 0 Å². The highest BCUT2D eigenvalue weighted by Crippen LogP contribution is 2.44. The first-order valence-corrected chi connectivity index (χ1v) is 7.24. The highest BCUT2D eigenvalue weighted by molar-refractivity contribution is 6.12. The van der Waals surface area contributed by atoms with E-state index in [4.69, 9.17) is 13.9 Å². The van der Waals surface area contributed by atoms with E-state index in [1.807, 2.05) is 0 Å². The summed E-state index contributed by atoms with van der Waals surface area (Å²) in [7, 11) is 0. The van der Waals surface area contributed by atoms with Gasteiger partial charge in [-0.25, -0.2) is 0 Å². The lowest BCUT2D eigenvalue weighted by molar-refractivity contribution is -0.132. The van der Waals surface area contributed by atoms with Crippen LogP contribution in [0.2, 0.25) is 0 Å². The lowest BCUT2D eigenvalue weighted by atomic mass is 10.0. The van der Waals surface area contributed by atoms with Crippen LogP contribution in [0.25, 0.3) is 21.7 Å². The molecule has 0 bridgehead atoms. The number of ketones is 1. The van der Waals surface area contributed by atoms with Gasteiger partial charge in [-0.05, 0) is 6.07 Å². The minimum absolute atomic E-state index is 0.0853. The molecule has 0 N–H and O–H groups in total. The average molecular weight is 326 g/mol. The molecule has 1 heterocycles. The first-order chi connectivity index (χ1) is 11.4. The van der Waals surface area contributed by atoms with Crippen LogP contribution in [0.4, 0.5) is 0 Å². The number of Topliss-reactive ketones (excluding diaryl/α,β-unsaturated/α-hetero) is 1. The lowest BCUT2D eigenvalue weighted by Gasteiger charge is -2.11. The zero-order chi connectivity index (χ0) is 17.4. The maximum Gasteiger partial charge on any atom is 0.308 e. The van der Waals surface area contributed by atoms with Crippen molar-refractivity contribution in [3.63, 3.8) is 0 Å². The Kier molecular flexibility index (Phi) is 3.81. The van der Waals surface area contributed by atoms with E-state index in [1.54, 1.807) is 24.3 Å². The smallest absolute Gasteiger partial charge is 0.308 e. The van der Waals surface area contributed by atoms with E-state index >= 15 is 0 Å². The maximum absolute atomic E-state index is 11.7. The van der Waals surface area contributed by atoms with Crippen molar-refractivity contribution >= 4 is 39.5 Å². The zero-order valence-corrected chi connectivity index (χ0v) is 13.3. The predicted molar refractivity (Wildman–Crippen MR) is 86.3 cm³/mol. The van der Waals surface area contributed by atoms with Crippen molar-refractivity contribution in [3.05, 3.63) is 36.1 Å². The molecule has 0 saturated carbocycles. The zero-order valence-electron chi connectivity index (χ0n) is 13.3. The van der Waals surface area contributed by atoms with Gasteiger partial charge in [0.05, 0.1) is 5.39 Å². The van der Waals surface area contributed by atoms with Gasteiger partial charge in [-0.15, -0.1) is 0 Å². The van der Waals surface area contributed by atoms with Crippen LogP contribution in [0.3, 0.4) is 0 Å². The van der Waals surface area contributed by atoms with Gasteiger partial charge in [0.25, 0.3) is 0 Å². The van der Waals surface area contributed by atoms with Crippen molar-refractivity contribution in [1.29, 1.82) is 0 Å². The van der Waals surface area contributed by atoms with Crippen LogP contribution in [0.5, 0.6) is 11.5 Å². The fraction of sp³-hybridized carbons (Fsp3) is 0.167. The van der Waals surface area contributed by atoms with Crippen LogP contribution < -0.4 is 9.47 Å². The number of hydrogen-bond acceptors (Lipinski definition) is 6. The Morgan fingerprint density at radius 1 is 0.833 bits per heavy atom. The Labute approximate surface area is 136 Å². The van der Waals surface area contributed by atoms with Gasteiger partial charge in [0.2, 0.25) is 0 Å². The highest BCUT2D eigenvalue weighted by Gasteiger charge is 2.23. The van der Waals surface area contributed by atoms with Crippen molar-refractivity contribution in [2.24, 2.45) is 0 Å². The van der Waals surface area contributed by atoms with Gasteiger partial charge in [-0.3, -0.25) is 14.4 Å². The van der Waals surface area contributed by atoms with Crippen molar-refractivity contribution in [3.8, 4) is 11.5 Å². The van der Waals surface area contributed by atoms with Crippen LogP contribution in [-0.4, -0.2) is 17.7 Å². The first kappa shape index (κ1) is 15.7. The van der Waals surface area contributed by atoms with E-state index in [-0.39, 0.29) is 28.6 Å². The molecule has 0 spiro atoms. The molecule has 0 unspecified atom stereocenters. The van der Waals surface area contributed by atoms with Gasteiger partial charge < -0.3 is 13.9 Å². The van der Waals surface area contributed by atoms with Crippen molar-refractivity contribution in [1.82, 2.24) is 0 Å². The van der Waals surface area contributed by atoms with E-state index in [9.17, 15) is 14.4 Å². The van der Waals surface area contributed by atoms with Crippen molar-refractivity contribution < 1.29 is 28.3 Å². The third-order valence-corrected chi connectivity index (χ3v) is 3.44. The standard InChI is InChI=1S/C18H14O6/c1-9(19)15-8-14-16(22-10(2)20)12-6-4-5-7-13(12)17(18(14)24-15)23-11(3)21/h4-8H,1-3H3. The molecule has 0 saturated heterocycles. The Morgan fingerprint density at radius 3 is 1.92 bits per heavy atom. The third-order valence-electron chi connectivity index (χ3n) is 3.44. The summed E-state index contributed by atoms with van der Waals surface area (Å²) in [6.07, 6.45) is 0. The summed E-state index contributed by atoms with van der Waals surface area (Å²) in [5.41, 5.74) is 0.186. The van der Waals surface area contributed by atoms with E-state index in [1.165, 1.54) is 26.8 Å². The molecule has 0 aliphatic heterocycles. The SMILES string of the molecule is CC(=O)Oc1c2ccccc2c(OC(C)=O)c2oc(C(C)=O)cc12. The minimum Gasteiger partial charge on any atom is -0.449 e. The molecule has 6 nitrogen and oxygen atoms in total. The molecule has 24 heavy (non-hydrogen) atoms. The first-order valence-electron chi connectivity index (χ1n) is 7.24. The number of hydrogen-bond donors (Lipinski definition) is 0. The van der Waals surface area contributed by atoms with Gasteiger partial charge in [0.15, 0.2) is 22.9 Å². The quantitative estimate of drug-likeness (QED) is 0.415. The number of ether oxygens (including phenoxy) is 2. The minimum atomic E-state index is -0.525. The molecule has 0 atom stereocenters. The van der Waals surface area contributed by atoms with Crippen molar-refractivity contribution in [2.45, 2.75) is 20.8 Å². The number of rotatable bonds is 3. The third kappa shape index (κ3) is 2.62. The Hall–Kier alpha value is -3.15. The molecule has 0 fully saturated rings. The summed E-state index contributed by atoms with van der Waals surface area (Å²) < 4.78 is 16.2. The summed E-state index contributed by atoms with van der Waals surface area (Å²) in [4.78, 5) is 34.7. The number of benzene rings is 2. The van der Waals surface area contributed by atoms with Gasteiger partial charge in [0.1, 0.15) is 5.75 Å². The van der Waals surface area contributed by atoms with E-state index < -0.39 is 11.9 Å². The Morgan fingerprint density at radius 2 is 1.38 bits per heavy atom. The molecule has 0 aliphatic rings. The molecule has 6 heteroatoms. The summed E-state index contributed by atoms with van der Waals surface area (Å²) >= 11 is 0. The largest absolute Gasteiger partial charge is 0.449 e. The van der Waals surface area contributed by atoms with Crippen molar-refractivity contribution in [2.75, 3.05) is 0 Å². The van der Waals surface area contributed by atoms with Crippen LogP contribution in [0.15, 0.2) is 34.7 Å². The lowest BCUT2D eigenvalue weighted by Crippen LogP contribution is -2.05. The molecule has 2 aromatic carbocycles. The average Bonchev–Trinajstić information content (AvgIpc) is 2.95. The highest BCUT2D eigenvalue weighted by atomic mass is 16.5.